The number of nitrogens with zero attached hydrogens (tertiary/aromatic N) is 2. The van der Waals surface area contributed by atoms with Crippen LogP contribution in [0.25, 0.3) is 0 Å². The van der Waals surface area contributed by atoms with Crippen molar-refractivity contribution in [1.82, 2.24) is 4.31 Å². The van der Waals surface area contributed by atoms with Crippen LogP contribution in [-0.2, 0) is 10.0 Å². The first-order chi connectivity index (χ1) is 14.8. The number of piperidine rings is 1. The molecule has 1 atom stereocenters. The van der Waals surface area contributed by atoms with E-state index in [2.05, 4.69) is 16.3 Å². The minimum Gasteiger partial charge on any atom is -0.497 e. The molecule has 2 aromatic rings. The van der Waals surface area contributed by atoms with E-state index in [0.29, 0.717) is 12.8 Å². The first kappa shape index (κ1) is 20.5. The second kappa shape index (κ2) is 7.34. The largest absolute Gasteiger partial charge is 0.497 e. The standard InChI is InChI=1S/C22H25F2N3O3S/c1-30-16-5-7-19-18(14-16)25-22(21-3-2-10-27(19)21)8-11-26(12-9-22)31(28,29)20-13-15(23)4-6-17(20)24/h4-7,13-14,21,25H,2-3,8-12H2,1H3. The molecule has 31 heavy (non-hydrogen) atoms. The zero-order valence-corrected chi connectivity index (χ0v) is 18.1. The van der Waals surface area contributed by atoms with Gasteiger partial charge < -0.3 is 15.0 Å². The van der Waals surface area contributed by atoms with Crippen molar-refractivity contribution in [3.63, 3.8) is 0 Å². The van der Waals surface area contributed by atoms with Crippen LogP contribution in [0, 0.1) is 11.6 Å². The van der Waals surface area contributed by atoms with Gasteiger partial charge in [-0.1, -0.05) is 0 Å². The third kappa shape index (κ3) is 3.25. The summed E-state index contributed by atoms with van der Waals surface area (Å²) in [5.41, 5.74) is 1.86. The summed E-state index contributed by atoms with van der Waals surface area (Å²) in [6.07, 6.45) is 3.28. The maximum Gasteiger partial charge on any atom is 0.246 e. The van der Waals surface area contributed by atoms with Gasteiger partial charge in [-0.25, -0.2) is 17.2 Å². The lowest BCUT2D eigenvalue weighted by Gasteiger charge is -2.53. The Morgan fingerprint density at radius 2 is 1.87 bits per heavy atom. The van der Waals surface area contributed by atoms with E-state index in [9.17, 15) is 17.2 Å². The van der Waals surface area contributed by atoms with E-state index in [-0.39, 0.29) is 24.7 Å². The van der Waals surface area contributed by atoms with Crippen molar-refractivity contribution in [2.75, 3.05) is 37.0 Å². The molecule has 0 radical (unpaired) electrons. The number of nitrogens with one attached hydrogen (secondary N) is 1. The highest BCUT2D eigenvalue weighted by Crippen LogP contribution is 2.48. The lowest BCUT2D eigenvalue weighted by atomic mass is 9.78. The molecular formula is C22H25F2N3O3S. The monoisotopic (exact) mass is 449 g/mol. The van der Waals surface area contributed by atoms with Crippen molar-refractivity contribution in [1.29, 1.82) is 0 Å². The minimum atomic E-state index is -4.11. The molecule has 3 aliphatic heterocycles. The molecule has 0 bridgehead atoms. The molecule has 0 aromatic heterocycles. The lowest BCUT2D eigenvalue weighted by molar-refractivity contribution is 0.219. The number of ether oxygens (including phenoxy) is 1. The van der Waals surface area contributed by atoms with Gasteiger partial charge in [0.2, 0.25) is 10.0 Å². The SMILES string of the molecule is COc1ccc2c(c1)NC1(CCN(S(=O)(=O)c3cc(F)ccc3F)CC1)C1CCCN21. The van der Waals surface area contributed by atoms with Crippen LogP contribution in [-0.4, -0.2) is 51.0 Å². The molecule has 9 heteroatoms. The third-order valence-corrected chi connectivity index (χ3v) is 8.83. The van der Waals surface area contributed by atoms with Crippen LogP contribution >= 0.6 is 0 Å². The van der Waals surface area contributed by atoms with Crippen LogP contribution in [0.2, 0.25) is 0 Å². The van der Waals surface area contributed by atoms with Gasteiger partial charge in [0, 0.05) is 25.7 Å². The number of benzene rings is 2. The summed E-state index contributed by atoms with van der Waals surface area (Å²) < 4.78 is 60.5. The zero-order valence-electron chi connectivity index (χ0n) is 17.3. The van der Waals surface area contributed by atoms with Crippen LogP contribution < -0.4 is 15.0 Å². The van der Waals surface area contributed by atoms with Crippen LogP contribution in [0.1, 0.15) is 25.7 Å². The highest BCUT2D eigenvalue weighted by atomic mass is 32.2. The first-order valence-electron chi connectivity index (χ1n) is 10.5. The number of hydrogen-bond donors (Lipinski definition) is 1. The lowest BCUT2D eigenvalue weighted by Crippen LogP contribution is -2.62. The van der Waals surface area contributed by atoms with E-state index < -0.39 is 26.6 Å². The molecule has 3 aliphatic rings. The third-order valence-electron chi connectivity index (χ3n) is 6.91. The molecule has 0 amide bonds. The van der Waals surface area contributed by atoms with E-state index in [1.807, 2.05) is 12.1 Å². The summed E-state index contributed by atoms with van der Waals surface area (Å²) in [4.78, 5) is 1.82. The Morgan fingerprint density at radius 1 is 1.10 bits per heavy atom. The molecule has 1 spiro atoms. The van der Waals surface area contributed by atoms with Crippen LogP contribution in [0.3, 0.4) is 0 Å². The van der Waals surface area contributed by atoms with Gasteiger partial charge in [-0.05, 0) is 56.0 Å². The number of sulfonamides is 1. The van der Waals surface area contributed by atoms with Crippen molar-refractivity contribution >= 4 is 21.4 Å². The predicted octanol–water partition coefficient (Wildman–Crippen LogP) is 3.59. The maximum atomic E-state index is 14.2. The second-order valence-corrected chi connectivity index (χ2v) is 10.4. The summed E-state index contributed by atoms with van der Waals surface area (Å²) in [7, 11) is -2.47. The topological polar surface area (TPSA) is 61.9 Å². The molecule has 2 fully saturated rings. The number of hydrogen-bond acceptors (Lipinski definition) is 5. The zero-order chi connectivity index (χ0) is 21.8. The fraction of sp³-hybridized carbons (Fsp3) is 0.455. The molecule has 5 rings (SSSR count). The van der Waals surface area contributed by atoms with Gasteiger partial charge in [0.25, 0.3) is 0 Å². The van der Waals surface area contributed by atoms with Crippen LogP contribution in [0.4, 0.5) is 20.2 Å². The highest BCUT2D eigenvalue weighted by Gasteiger charge is 2.50. The molecule has 6 nitrogen and oxygen atoms in total. The highest BCUT2D eigenvalue weighted by molar-refractivity contribution is 7.89. The van der Waals surface area contributed by atoms with E-state index in [4.69, 9.17) is 4.74 Å². The normalized spacial score (nSPS) is 22.7. The van der Waals surface area contributed by atoms with Crippen molar-refractivity contribution in [3.05, 3.63) is 48.0 Å². The Balaban J connectivity index is 1.43. The Morgan fingerprint density at radius 3 is 2.61 bits per heavy atom. The molecule has 166 valence electrons. The van der Waals surface area contributed by atoms with Crippen LogP contribution in [0.15, 0.2) is 41.3 Å². The van der Waals surface area contributed by atoms with Crippen LogP contribution in [0.5, 0.6) is 5.75 Å². The Labute approximate surface area is 180 Å². The molecule has 1 unspecified atom stereocenters. The molecule has 2 aromatic carbocycles. The maximum absolute atomic E-state index is 14.2. The average molecular weight is 450 g/mol. The summed E-state index contributed by atoms with van der Waals surface area (Å²) in [5.74, 6) is -0.935. The number of anilines is 2. The van der Waals surface area contributed by atoms with Gasteiger partial charge >= 0.3 is 0 Å². The Hall–Kier alpha value is -2.39. The molecule has 0 saturated carbocycles. The summed E-state index contributed by atoms with van der Waals surface area (Å²) in [5, 5.41) is 3.71. The summed E-state index contributed by atoms with van der Waals surface area (Å²) in [6.45, 7) is 1.45. The van der Waals surface area contributed by atoms with Gasteiger partial charge in [-0.2, -0.15) is 4.31 Å². The molecular weight excluding hydrogens is 424 g/mol. The van der Waals surface area contributed by atoms with E-state index >= 15 is 0 Å². The van der Waals surface area contributed by atoms with Gasteiger partial charge in [-0.15, -0.1) is 0 Å². The minimum absolute atomic E-state index is 0.245. The van der Waals surface area contributed by atoms with Gasteiger partial charge in [-0.3, -0.25) is 0 Å². The van der Waals surface area contributed by atoms with Crippen molar-refractivity contribution in [3.8, 4) is 5.75 Å². The van der Waals surface area contributed by atoms with Crippen molar-refractivity contribution in [2.45, 2.75) is 42.2 Å². The van der Waals surface area contributed by atoms with E-state index in [0.717, 1.165) is 54.7 Å². The number of fused-ring (bicyclic) bond motifs is 4. The molecule has 1 N–H and O–H groups in total. The average Bonchev–Trinajstić information content (AvgIpc) is 3.27. The van der Waals surface area contributed by atoms with Gasteiger partial charge in [0.15, 0.2) is 0 Å². The quantitative estimate of drug-likeness (QED) is 0.776. The summed E-state index contributed by atoms with van der Waals surface area (Å²) >= 11 is 0. The van der Waals surface area contributed by atoms with Gasteiger partial charge in [0.1, 0.15) is 22.3 Å². The molecule has 0 aliphatic carbocycles. The molecule has 2 saturated heterocycles. The fourth-order valence-electron chi connectivity index (χ4n) is 5.37. The van der Waals surface area contributed by atoms with Crippen molar-refractivity contribution < 1.29 is 21.9 Å². The smallest absolute Gasteiger partial charge is 0.246 e. The second-order valence-electron chi connectivity index (χ2n) is 8.49. The summed E-state index contributed by atoms with van der Waals surface area (Å²) in [6, 6.07) is 8.81. The number of rotatable bonds is 3. The van der Waals surface area contributed by atoms with E-state index in [1.165, 1.54) is 4.31 Å². The predicted molar refractivity (Wildman–Crippen MR) is 114 cm³/mol. The Bertz CT molecular complexity index is 1120. The Kier molecular flexibility index (Phi) is 4.86. The fourth-order valence-corrected chi connectivity index (χ4v) is 6.89. The number of halogens is 2. The van der Waals surface area contributed by atoms with Gasteiger partial charge in [0.05, 0.1) is 30.1 Å². The number of methoxy groups -OCH3 is 1. The first-order valence-corrected chi connectivity index (χ1v) is 12.0. The van der Waals surface area contributed by atoms with Crippen molar-refractivity contribution in [2.24, 2.45) is 0 Å². The molecule has 3 heterocycles. The van der Waals surface area contributed by atoms with E-state index in [1.54, 1.807) is 7.11 Å².